The summed E-state index contributed by atoms with van der Waals surface area (Å²) in [5.41, 5.74) is 18.3. The Balaban J connectivity index is 1.01. The summed E-state index contributed by atoms with van der Waals surface area (Å²) in [4.78, 5) is 14.8. The first-order valence-corrected chi connectivity index (χ1v) is 21.7. The summed E-state index contributed by atoms with van der Waals surface area (Å²) in [5, 5.41) is 0. The van der Waals surface area contributed by atoms with Gasteiger partial charge in [-0.25, -0.2) is 4.98 Å². The number of aryl methyl sites for hydroxylation is 4. The van der Waals surface area contributed by atoms with Crippen molar-refractivity contribution in [2.75, 3.05) is 0 Å². The fourth-order valence-electron chi connectivity index (χ4n) is 8.47. The van der Waals surface area contributed by atoms with Crippen LogP contribution < -0.4 is 0 Å². The molecule has 0 aliphatic heterocycles. The molecule has 4 nitrogen and oxygen atoms in total. The van der Waals surface area contributed by atoms with Gasteiger partial charge in [-0.05, 0) is 94.5 Å². The molecule has 302 valence electrons. The topological polar surface area (TPSA) is 43.6 Å². The highest BCUT2D eigenvalue weighted by Gasteiger charge is 2.19. The van der Waals surface area contributed by atoms with E-state index in [4.69, 9.17) is 15.0 Å². The lowest BCUT2D eigenvalue weighted by Crippen LogP contribution is -2.01. The molecule has 4 heteroatoms. The molecular weight excluding hydrogens is 765 g/mol. The van der Waals surface area contributed by atoms with E-state index in [0.717, 1.165) is 76.5 Å². The molecule has 0 saturated heterocycles. The van der Waals surface area contributed by atoms with Crippen LogP contribution in [0.15, 0.2) is 231 Å². The van der Waals surface area contributed by atoms with Crippen molar-refractivity contribution in [2.24, 2.45) is 0 Å². The highest BCUT2D eigenvalue weighted by Crippen LogP contribution is 2.38. The maximum absolute atomic E-state index is 5.12. The zero-order chi connectivity index (χ0) is 42.2. The van der Waals surface area contributed by atoms with Crippen LogP contribution in [0.4, 0.5) is 0 Å². The van der Waals surface area contributed by atoms with E-state index >= 15 is 0 Å². The van der Waals surface area contributed by atoms with Gasteiger partial charge in [0.1, 0.15) is 5.82 Å². The van der Waals surface area contributed by atoms with Crippen molar-refractivity contribution in [3.8, 4) is 73.1 Å². The second-order valence-corrected chi connectivity index (χ2v) is 16.0. The fourth-order valence-corrected chi connectivity index (χ4v) is 8.47. The summed E-state index contributed by atoms with van der Waals surface area (Å²) in [6.45, 7) is 0. The highest BCUT2D eigenvalue weighted by atomic mass is 15.1. The van der Waals surface area contributed by atoms with Crippen molar-refractivity contribution in [2.45, 2.75) is 25.7 Å². The van der Waals surface area contributed by atoms with Crippen molar-refractivity contribution in [3.05, 3.63) is 253 Å². The molecule has 0 saturated carbocycles. The monoisotopic (exact) mass is 810 g/mol. The Bertz CT molecular complexity index is 2940. The van der Waals surface area contributed by atoms with E-state index in [-0.39, 0.29) is 0 Å². The van der Waals surface area contributed by atoms with Gasteiger partial charge in [-0.15, -0.1) is 0 Å². The fraction of sp³-hybridized carbons (Fsp3) is 0.0678. The van der Waals surface area contributed by atoms with Gasteiger partial charge in [-0.2, -0.15) is 0 Å². The Hall–Kier alpha value is -7.95. The zero-order valence-electron chi connectivity index (χ0n) is 35.1. The first kappa shape index (κ1) is 39.2. The van der Waals surface area contributed by atoms with Crippen LogP contribution in [-0.2, 0) is 25.7 Å². The predicted octanol–water partition coefficient (Wildman–Crippen LogP) is 14.2. The quantitative estimate of drug-likeness (QED) is 0.116. The van der Waals surface area contributed by atoms with Crippen molar-refractivity contribution < 1.29 is 0 Å². The SMILES string of the molecule is c1ccc(-c2ccc(-n3c(-c4ccccc4-c4cc(CCc5ccc(-c6ccccc6)nc5)cc(CCc5ccc(-c6ccccc6)nc5)c4)cnc3-c3ccccc3)cc2)cc1. The van der Waals surface area contributed by atoms with Gasteiger partial charge in [-0.1, -0.05) is 188 Å². The molecule has 10 aromatic rings. The summed E-state index contributed by atoms with van der Waals surface area (Å²) < 4.78 is 2.31. The third-order valence-corrected chi connectivity index (χ3v) is 11.8. The van der Waals surface area contributed by atoms with E-state index in [1.54, 1.807) is 0 Å². The molecule has 0 N–H and O–H groups in total. The molecule has 0 radical (unpaired) electrons. The summed E-state index contributed by atoms with van der Waals surface area (Å²) in [5.74, 6) is 0.904. The number of pyridine rings is 2. The molecule has 0 amide bonds. The molecule has 0 bridgehead atoms. The van der Waals surface area contributed by atoms with Crippen molar-refractivity contribution in [3.63, 3.8) is 0 Å². The van der Waals surface area contributed by atoms with Gasteiger partial charge in [0.15, 0.2) is 0 Å². The molecule has 0 atom stereocenters. The third-order valence-electron chi connectivity index (χ3n) is 11.8. The van der Waals surface area contributed by atoms with Crippen molar-refractivity contribution >= 4 is 0 Å². The third kappa shape index (κ3) is 8.93. The van der Waals surface area contributed by atoms with E-state index in [1.807, 2.05) is 30.7 Å². The Morgan fingerprint density at radius 3 is 1.25 bits per heavy atom. The number of nitrogens with zero attached hydrogens (tertiary/aromatic N) is 4. The Morgan fingerprint density at radius 1 is 0.302 bits per heavy atom. The lowest BCUT2D eigenvalue weighted by atomic mass is 9.91. The highest BCUT2D eigenvalue weighted by molar-refractivity contribution is 5.84. The van der Waals surface area contributed by atoms with E-state index in [9.17, 15) is 0 Å². The van der Waals surface area contributed by atoms with E-state index in [0.29, 0.717) is 0 Å². The van der Waals surface area contributed by atoms with Gasteiger partial charge in [0.2, 0.25) is 0 Å². The van der Waals surface area contributed by atoms with Crippen LogP contribution >= 0.6 is 0 Å². The van der Waals surface area contributed by atoms with E-state index in [1.165, 1.54) is 44.5 Å². The minimum Gasteiger partial charge on any atom is -0.292 e. The Morgan fingerprint density at radius 2 is 0.746 bits per heavy atom. The average molecular weight is 811 g/mol. The molecule has 63 heavy (non-hydrogen) atoms. The number of benzene rings is 7. The van der Waals surface area contributed by atoms with E-state index in [2.05, 4.69) is 205 Å². The molecule has 0 fully saturated rings. The molecule has 0 unspecified atom stereocenters. The van der Waals surface area contributed by atoms with Crippen LogP contribution in [0.25, 0.3) is 73.1 Å². The lowest BCUT2D eigenvalue weighted by Gasteiger charge is -2.17. The maximum Gasteiger partial charge on any atom is 0.144 e. The molecule has 0 aliphatic carbocycles. The number of hydrogen-bond acceptors (Lipinski definition) is 3. The van der Waals surface area contributed by atoms with Crippen LogP contribution in [0.2, 0.25) is 0 Å². The second-order valence-electron chi connectivity index (χ2n) is 16.0. The maximum atomic E-state index is 5.12. The molecule has 3 aromatic heterocycles. The zero-order valence-corrected chi connectivity index (χ0v) is 35.1. The first-order valence-electron chi connectivity index (χ1n) is 21.7. The molecule has 7 aromatic carbocycles. The van der Waals surface area contributed by atoms with Gasteiger partial charge >= 0.3 is 0 Å². The van der Waals surface area contributed by atoms with Crippen LogP contribution in [0, 0.1) is 0 Å². The average Bonchev–Trinajstić information content (AvgIpc) is 3.82. The summed E-state index contributed by atoms with van der Waals surface area (Å²) in [6.07, 6.45) is 9.68. The number of aromatic nitrogens is 4. The second kappa shape index (κ2) is 18.3. The number of rotatable bonds is 13. The van der Waals surface area contributed by atoms with E-state index < -0.39 is 0 Å². The first-order chi connectivity index (χ1) is 31.2. The van der Waals surface area contributed by atoms with Crippen molar-refractivity contribution in [1.82, 2.24) is 19.5 Å². The smallest absolute Gasteiger partial charge is 0.144 e. The Kier molecular flexibility index (Phi) is 11.4. The molecular formula is C59H46N4. The number of hydrogen-bond donors (Lipinski definition) is 0. The lowest BCUT2D eigenvalue weighted by molar-refractivity contribution is 0.923. The summed E-state index contributed by atoms with van der Waals surface area (Å²) in [7, 11) is 0. The molecule has 10 rings (SSSR count). The van der Waals surface area contributed by atoms with Crippen LogP contribution in [0.3, 0.4) is 0 Å². The minimum atomic E-state index is 0.893. The molecule has 3 heterocycles. The molecule has 0 spiro atoms. The predicted molar refractivity (Wildman–Crippen MR) is 259 cm³/mol. The summed E-state index contributed by atoms with van der Waals surface area (Å²) in [6, 6.07) is 75.3. The normalized spacial score (nSPS) is 11.1. The van der Waals surface area contributed by atoms with Crippen molar-refractivity contribution in [1.29, 1.82) is 0 Å². The minimum absolute atomic E-state index is 0.893. The van der Waals surface area contributed by atoms with Crippen LogP contribution in [-0.4, -0.2) is 19.5 Å². The Labute approximate surface area is 369 Å². The standard InChI is InChI=1S/C59H46N4/c1-5-15-47(16-6-1)48-31-33-53(34-32-48)63-58(42-62-59(63)51-21-11-4-12-22-51)55-24-14-13-23-54(55)52-38-45(27-25-43-29-35-56(60-40-43)49-17-7-2-8-18-49)37-46(39-52)28-26-44-30-36-57(61-41-44)50-19-9-3-10-20-50/h1-24,29-42H,25-28H2. The largest absolute Gasteiger partial charge is 0.292 e. The van der Waals surface area contributed by atoms with Gasteiger partial charge in [-0.3, -0.25) is 14.5 Å². The summed E-state index contributed by atoms with van der Waals surface area (Å²) >= 11 is 0. The van der Waals surface area contributed by atoms with Gasteiger partial charge in [0.25, 0.3) is 0 Å². The van der Waals surface area contributed by atoms with Gasteiger partial charge in [0.05, 0.1) is 23.3 Å². The number of imidazole rings is 1. The van der Waals surface area contributed by atoms with Gasteiger partial charge in [0, 0.05) is 40.3 Å². The van der Waals surface area contributed by atoms with Gasteiger partial charge < -0.3 is 0 Å². The van der Waals surface area contributed by atoms with Crippen LogP contribution in [0.1, 0.15) is 22.3 Å². The molecule has 0 aliphatic rings. The van der Waals surface area contributed by atoms with Crippen LogP contribution in [0.5, 0.6) is 0 Å².